The lowest BCUT2D eigenvalue weighted by molar-refractivity contribution is 1.10. The van der Waals surface area contributed by atoms with Gasteiger partial charge in [-0.15, -0.1) is 0 Å². The maximum Gasteiger partial charge on any atom is 0.145 e. The van der Waals surface area contributed by atoms with Gasteiger partial charge in [0.25, 0.3) is 0 Å². The standard InChI is InChI=1S/C50H32N4/c1-4-14-34(15-5-1)47-40-21-11-10-20-39(40)41-29-30-42-43-32-36(28-31-45(43)53(49(42)48(41)52-47)37-16-6-2-7-17-37)33-24-26-35(27-25-33)50-51-44-22-12-13-23-46(44)54(50)38-18-8-3-9-19-38/h1-32H. The predicted molar refractivity (Wildman–Crippen MR) is 225 cm³/mol. The average Bonchev–Trinajstić information content (AvgIpc) is 3.81. The molecule has 0 N–H and O–H groups in total. The molecular formula is C50H32N4. The second kappa shape index (κ2) is 12.1. The van der Waals surface area contributed by atoms with Crippen LogP contribution in [0.5, 0.6) is 0 Å². The summed E-state index contributed by atoms with van der Waals surface area (Å²) in [7, 11) is 0. The third-order valence-corrected chi connectivity index (χ3v) is 10.7. The Morgan fingerprint density at radius 3 is 1.69 bits per heavy atom. The van der Waals surface area contributed by atoms with Crippen LogP contribution < -0.4 is 0 Å². The fraction of sp³-hybridized carbons (Fsp3) is 0. The Labute approximate surface area is 311 Å². The summed E-state index contributed by atoms with van der Waals surface area (Å²) in [5, 5.41) is 5.88. The first-order chi connectivity index (χ1) is 26.8. The lowest BCUT2D eigenvalue weighted by atomic mass is 9.98. The summed E-state index contributed by atoms with van der Waals surface area (Å²) >= 11 is 0. The van der Waals surface area contributed by atoms with Crippen molar-refractivity contribution in [3.8, 4) is 45.1 Å². The van der Waals surface area contributed by atoms with Crippen LogP contribution in [-0.2, 0) is 0 Å². The minimum Gasteiger partial charge on any atom is -0.307 e. The molecule has 8 aromatic carbocycles. The van der Waals surface area contributed by atoms with Crippen LogP contribution in [0.2, 0.25) is 0 Å². The summed E-state index contributed by atoms with van der Waals surface area (Å²) in [6.07, 6.45) is 0. The average molecular weight is 689 g/mol. The van der Waals surface area contributed by atoms with Crippen molar-refractivity contribution in [3.63, 3.8) is 0 Å². The van der Waals surface area contributed by atoms with Crippen molar-refractivity contribution in [2.45, 2.75) is 0 Å². The van der Waals surface area contributed by atoms with Crippen molar-refractivity contribution >= 4 is 54.5 Å². The summed E-state index contributed by atoms with van der Waals surface area (Å²) in [5.41, 5.74) is 13.0. The van der Waals surface area contributed by atoms with Crippen molar-refractivity contribution in [1.29, 1.82) is 0 Å². The number of para-hydroxylation sites is 4. The molecule has 0 radical (unpaired) electrons. The van der Waals surface area contributed by atoms with Crippen molar-refractivity contribution < 1.29 is 0 Å². The highest BCUT2D eigenvalue weighted by Crippen LogP contribution is 2.41. The second-order valence-corrected chi connectivity index (χ2v) is 13.8. The molecule has 11 aromatic rings. The SMILES string of the molecule is c1ccc(-c2nc3c(ccc4c5cc(-c6ccc(-c7nc8ccccc8n7-c7ccccc7)cc6)ccc5n(-c5ccccc5)c43)c3ccccc23)cc1. The van der Waals surface area contributed by atoms with Crippen LogP contribution in [0.1, 0.15) is 0 Å². The molecule has 0 fully saturated rings. The Bertz CT molecular complexity index is 3180. The number of hydrogen-bond donors (Lipinski definition) is 0. The predicted octanol–water partition coefficient (Wildman–Crippen LogP) is 12.8. The molecule has 0 unspecified atom stereocenters. The van der Waals surface area contributed by atoms with Gasteiger partial charge in [-0.2, -0.15) is 0 Å². The van der Waals surface area contributed by atoms with E-state index in [4.69, 9.17) is 9.97 Å². The van der Waals surface area contributed by atoms with E-state index in [1.165, 1.54) is 16.2 Å². The zero-order chi connectivity index (χ0) is 35.6. The molecule has 3 aromatic heterocycles. The molecule has 3 heterocycles. The molecule has 252 valence electrons. The Kier molecular flexibility index (Phi) is 6.82. The van der Waals surface area contributed by atoms with E-state index in [-0.39, 0.29) is 0 Å². The third-order valence-electron chi connectivity index (χ3n) is 10.7. The fourth-order valence-electron chi connectivity index (χ4n) is 8.23. The first kappa shape index (κ1) is 30.3. The van der Waals surface area contributed by atoms with Crippen LogP contribution >= 0.6 is 0 Å². The first-order valence-electron chi connectivity index (χ1n) is 18.3. The molecule has 4 nitrogen and oxygen atoms in total. The van der Waals surface area contributed by atoms with E-state index in [2.05, 4.69) is 191 Å². The molecule has 0 aliphatic rings. The molecule has 0 aliphatic carbocycles. The van der Waals surface area contributed by atoms with E-state index in [0.29, 0.717) is 0 Å². The number of benzene rings is 8. The molecule has 0 amide bonds. The summed E-state index contributed by atoms with van der Waals surface area (Å²) in [4.78, 5) is 10.6. The number of nitrogens with zero attached hydrogens (tertiary/aromatic N) is 4. The molecule has 0 saturated carbocycles. The van der Waals surface area contributed by atoms with E-state index in [1.54, 1.807) is 0 Å². The van der Waals surface area contributed by atoms with Crippen molar-refractivity contribution in [1.82, 2.24) is 19.1 Å². The molecular weight excluding hydrogens is 657 g/mol. The lowest BCUT2D eigenvalue weighted by Gasteiger charge is -2.13. The van der Waals surface area contributed by atoms with Gasteiger partial charge in [-0.25, -0.2) is 9.97 Å². The van der Waals surface area contributed by atoms with Gasteiger partial charge in [0, 0.05) is 44.0 Å². The largest absolute Gasteiger partial charge is 0.307 e. The molecule has 0 aliphatic heterocycles. The normalized spacial score (nSPS) is 11.7. The highest BCUT2D eigenvalue weighted by atomic mass is 15.1. The van der Waals surface area contributed by atoms with Gasteiger partial charge in [-0.1, -0.05) is 146 Å². The topological polar surface area (TPSA) is 35.6 Å². The maximum absolute atomic E-state index is 5.52. The Balaban J connectivity index is 1.11. The van der Waals surface area contributed by atoms with Crippen molar-refractivity contribution in [3.05, 3.63) is 194 Å². The van der Waals surface area contributed by atoms with Gasteiger partial charge in [-0.05, 0) is 65.0 Å². The summed E-state index contributed by atoms with van der Waals surface area (Å²) in [6, 6.07) is 68.9. The van der Waals surface area contributed by atoms with E-state index in [0.717, 1.165) is 83.5 Å². The summed E-state index contributed by atoms with van der Waals surface area (Å²) in [6.45, 7) is 0. The van der Waals surface area contributed by atoms with Gasteiger partial charge in [0.05, 0.1) is 33.3 Å². The van der Waals surface area contributed by atoms with Crippen LogP contribution in [0.25, 0.3) is 99.7 Å². The summed E-state index contributed by atoms with van der Waals surface area (Å²) in [5.74, 6) is 0.928. The van der Waals surface area contributed by atoms with Gasteiger partial charge < -0.3 is 4.57 Å². The number of imidazole rings is 1. The van der Waals surface area contributed by atoms with E-state index in [9.17, 15) is 0 Å². The smallest absolute Gasteiger partial charge is 0.145 e. The lowest BCUT2D eigenvalue weighted by Crippen LogP contribution is -1.97. The Morgan fingerprint density at radius 1 is 0.333 bits per heavy atom. The molecule has 54 heavy (non-hydrogen) atoms. The minimum atomic E-state index is 0.928. The number of hydrogen-bond acceptors (Lipinski definition) is 2. The monoisotopic (exact) mass is 688 g/mol. The van der Waals surface area contributed by atoms with Crippen LogP contribution in [0.4, 0.5) is 0 Å². The highest BCUT2D eigenvalue weighted by Gasteiger charge is 2.20. The van der Waals surface area contributed by atoms with Gasteiger partial charge >= 0.3 is 0 Å². The van der Waals surface area contributed by atoms with Gasteiger partial charge in [0.1, 0.15) is 5.82 Å². The van der Waals surface area contributed by atoms with Crippen LogP contribution in [-0.4, -0.2) is 19.1 Å². The van der Waals surface area contributed by atoms with Gasteiger partial charge in [-0.3, -0.25) is 4.57 Å². The quantitative estimate of drug-likeness (QED) is 0.169. The number of fused-ring (bicyclic) bond motifs is 8. The van der Waals surface area contributed by atoms with Crippen molar-refractivity contribution in [2.24, 2.45) is 0 Å². The van der Waals surface area contributed by atoms with Crippen molar-refractivity contribution in [2.75, 3.05) is 0 Å². The molecule has 0 spiro atoms. The molecule has 0 atom stereocenters. The molecule has 0 bridgehead atoms. The van der Waals surface area contributed by atoms with E-state index < -0.39 is 0 Å². The number of rotatable bonds is 5. The molecule has 11 rings (SSSR count). The van der Waals surface area contributed by atoms with Gasteiger partial charge in [0.2, 0.25) is 0 Å². The van der Waals surface area contributed by atoms with E-state index in [1.807, 2.05) is 12.1 Å². The fourth-order valence-corrected chi connectivity index (χ4v) is 8.23. The van der Waals surface area contributed by atoms with Gasteiger partial charge in [0.15, 0.2) is 0 Å². The van der Waals surface area contributed by atoms with E-state index >= 15 is 0 Å². The zero-order valence-corrected chi connectivity index (χ0v) is 29.3. The van der Waals surface area contributed by atoms with Crippen LogP contribution in [0.3, 0.4) is 0 Å². The van der Waals surface area contributed by atoms with Crippen LogP contribution in [0, 0.1) is 0 Å². The Morgan fingerprint density at radius 2 is 0.926 bits per heavy atom. The maximum atomic E-state index is 5.52. The summed E-state index contributed by atoms with van der Waals surface area (Å²) < 4.78 is 4.64. The zero-order valence-electron chi connectivity index (χ0n) is 29.3. The molecule has 4 heteroatoms. The third kappa shape index (κ3) is 4.70. The number of pyridine rings is 1. The highest BCUT2D eigenvalue weighted by molar-refractivity contribution is 6.23. The first-order valence-corrected chi connectivity index (χ1v) is 18.3. The van der Waals surface area contributed by atoms with Crippen LogP contribution in [0.15, 0.2) is 194 Å². The second-order valence-electron chi connectivity index (χ2n) is 13.8. The Hall–Kier alpha value is -7.30. The minimum absolute atomic E-state index is 0.928. The number of aromatic nitrogens is 4. The molecule has 0 saturated heterocycles.